The number of Topliss-reactive ketones (excluding diaryl/α,β-unsaturated/α-hetero) is 1. The van der Waals surface area contributed by atoms with Crippen LogP contribution >= 0.6 is 0 Å². The molecule has 20 heavy (non-hydrogen) atoms. The van der Waals surface area contributed by atoms with Crippen molar-refractivity contribution in [3.8, 4) is 0 Å². The molecule has 0 spiro atoms. The number of carbonyl (C=O) groups excluding carboxylic acids is 1. The molecule has 0 aromatic heterocycles. The van der Waals surface area contributed by atoms with E-state index in [0.717, 1.165) is 19.3 Å². The Balaban J connectivity index is 2.08. The van der Waals surface area contributed by atoms with Gasteiger partial charge in [-0.2, -0.15) is 0 Å². The number of aryl methyl sites for hydroxylation is 1. The first-order chi connectivity index (χ1) is 9.63. The standard InChI is InChI=1S/C17H27NO2/c1-18(2)16-12-10-15(11-13-16)8-6-4-3-5-7-9-17(20)14-19/h10-13,19H,3-9,14H2,1-2H3. The number of hydrogen-bond acceptors (Lipinski definition) is 3. The molecule has 0 aliphatic carbocycles. The van der Waals surface area contributed by atoms with E-state index in [0.29, 0.717) is 6.42 Å². The molecule has 3 nitrogen and oxygen atoms in total. The summed E-state index contributed by atoms with van der Waals surface area (Å²) in [6, 6.07) is 8.73. The first kappa shape index (κ1) is 16.7. The van der Waals surface area contributed by atoms with Crippen molar-refractivity contribution in [2.45, 2.75) is 44.9 Å². The van der Waals surface area contributed by atoms with Gasteiger partial charge >= 0.3 is 0 Å². The molecule has 1 aromatic rings. The van der Waals surface area contributed by atoms with Crippen LogP contribution in [0.15, 0.2) is 24.3 Å². The van der Waals surface area contributed by atoms with E-state index in [2.05, 4.69) is 43.3 Å². The van der Waals surface area contributed by atoms with E-state index >= 15 is 0 Å². The molecule has 0 fully saturated rings. The number of rotatable bonds is 10. The van der Waals surface area contributed by atoms with E-state index in [1.54, 1.807) is 0 Å². The molecule has 0 aliphatic rings. The summed E-state index contributed by atoms with van der Waals surface area (Å²) < 4.78 is 0. The van der Waals surface area contributed by atoms with Gasteiger partial charge in [-0.1, -0.05) is 31.4 Å². The number of unbranched alkanes of at least 4 members (excludes halogenated alkanes) is 4. The van der Waals surface area contributed by atoms with E-state index in [9.17, 15) is 4.79 Å². The largest absolute Gasteiger partial charge is 0.389 e. The van der Waals surface area contributed by atoms with Crippen molar-refractivity contribution in [2.24, 2.45) is 0 Å². The zero-order chi connectivity index (χ0) is 14.8. The third-order valence-electron chi connectivity index (χ3n) is 3.55. The van der Waals surface area contributed by atoms with Gasteiger partial charge in [0.15, 0.2) is 5.78 Å². The summed E-state index contributed by atoms with van der Waals surface area (Å²) in [4.78, 5) is 13.0. The number of anilines is 1. The lowest BCUT2D eigenvalue weighted by Gasteiger charge is -2.12. The maximum atomic E-state index is 10.9. The van der Waals surface area contributed by atoms with Gasteiger partial charge in [-0.25, -0.2) is 0 Å². The normalized spacial score (nSPS) is 10.6. The van der Waals surface area contributed by atoms with Crippen LogP contribution in [0.5, 0.6) is 0 Å². The summed E-state index contributed by atoms with van der Waals surface area (Å²) in [5.41, 5.74) is 2.63. The van der Waals surface area contributed by atoms with Crippen molar-refractivity contribution >= 4 is 11.5 Å². The van der Waals surface area contributed by atoms with Crippen LogP contribution < -0.4 is 4.90 Å². The highest BCUT2D eigenvalue weighted by molar-refractivity contribution is 5.79. The highest BCUT2D eigenvalue weighted by Gasteiger charge is 1.99. The van der Waals surface area contributed by atoms with E-state index in [1.807, 2.05) is 0 Å². The average Bonchev–Trinajstić information content (AvgIpc) is 2.46. The SMILES string of the molecule is CN(C)c1ccc(CCCCCCCC(=O)CO)cc1. The summed E-state index contributed by atoms with van der Waals surface area (Å²) in [5.74, 6) is -0.0361. The third kappa shape index (κ3) is 6.71. The van der Waals surface area contributed by atoms with Gasteiger partial charge < -0.3 is 10.0 Å². The van der Waals surface area contributed by atoms with E-state index in [1.165, 1.54) is 30.5 Å². The fourth-order valence-corrected chi connectivity index (χ4v) is 2.22. The van der Waals surface area contributed by atoms with Crippen molar-refractivity contribution < 1.29 is 9.90 Å². The maximum absolute atomic E-state index is 10.9. The topological polar surface area (TPSA) is 40.5 Å². The Morgan fingerprint density at radius 1 is 1.00 bits per heavy atom. The number of nitrogens with zero attached hydrogens (tertiary/aromatic N) is 1. The predicted molar refractivity (Wildman–Crippen MR) is 84.3 cm³/mol. The van der Waals surface area contributed by atoms with Crippen LogP contribution in [-0.4, -0.2) is 31.6 Å². The average molecular weight is 277 g/mol. The first-order valence-corrected chi connectivity index (χ1v) is 7.52. The smallest absolute Gasteiger partial charge is 0.158 e. The third-order valence-corrected chi connectivity index (χ3v) is 3.55. The number of aliphatic hydroxyl groups is 1. The van der Waals surface area contributed by atoms with Gasteiger partial charge in [0, 0.05) is 26.2 Å². The quantitative estimate of drug-likeness (QED) is 0.668. The van der Waals surface area contributed by atoms with Gasteiger partial charge in [0.05, 0.1) is 0 Å². The molecule has 1 N–H and O–H groups in total. The molecule has 1 aromatic carbocycles. The maximum Gasteiger partial charge on any atom is 0.158 e. The number of aliphatic hydroxyl groups excluding tert-OH is 1. The second-order valence-electron chi connectivity index (χ2n) is 5.53. The Labute approximate surface area is 122 Å². The molecular weight excluding hydrogens is 250 g/mol. The molecular formula is C17H27NO2. The minimum Gasteiger partial charge on any atom is -0.389 e. The highest BCUT2D eigenvalue weighted by atomic mass is 16.3. The molecule has 112 valence electrons. The van der Waals surface area contributed by atoms with Gasteiger partial charge in [-0.05, 0) is 37.0 Å². The molecule has 0 radical (unpaired) electrons. The van der Waals surface area contributed by atoms with Crippen LogP contribution in [0.1, 0.15) is 44.1 Å². The van der Waals surface area contributed by atoms with Crippen LogP contribution in [0.3, 0.4) is 0 Å². The highest BCUT2D eigenvalue weighted by Crippen LogP contribution is 2.15. The minimum atomic E-state index is -0.303. The summed E-state index contributed by atoms with van der Waals surface area (Å²) in [6.07, 6.45) is 7.25. The van der Waals surface area contributed by atoms with Crippen LogP contribution in [0.4, 0.5) is 5.69 Å². The van der Waals surface area contributed by atoms with E-state index in [4.69, 9.17) is 5.11 Å². The molecule has 0 unspecified atom stereocenters. The Morgan fingerprint density at radius 2 is 1.60 bits per heavy atom. The van der Waals surface area contributed by atoms with Gasteiger partial charge in [-0.3, -0.25) is 4.79 Å². The number of carbonyl (C=O) groups is 1. The molecule has 0 bridgehead atoms. The summed E-state index contributed by atoms with van der Waals surface area (Å²) in [6.45, 7) is -0.303. The molecule has 3 heteroatoms. The Bertz CT molecular complexity index is 384. The molecule has 0 saturated carbocycles. The fraction of sp³-hybridized carbons (Fsp3) is 0.588. The number of benzene rings is 1. The van der Waals surface area contributed by atoms with Crippen molar-refractivity contribution in [3.05, 3.63) is 29.8 Å². The zero-order valence-corrected chi connectivity index (χ0v) is 12.8. The monoisotopic (exact) mass is 277 g/mol. The second kappa shape index (κ2) is 9.54. The summed E-state index contributed by atoms with van der Waals surface area (Å²) in [7, 11) is 4.10. The van der Waals surface area contributed by atoms with Gasteiger partial charge in [-0.15, -0.1) is 0 Å². The predicted octanol–water partition coefficient (Wildman–Crippen LogP) is 3.20. The molecule has 0 amide bonds. The van der Waals surface area contributed by atoms with Crippen LogP contribution in [0.2, 0.25) is 0 Å². The van der Waals surface area contributed by atoms with Gasteiger partial charge in [0.2, 0.25) is 0 Å². The lowest BCUT2D eigenvalue weighted by atomic mass is 10.0. The van der Waals surface area contributed by atoms with Gasteiger partial charge in [0.1, 0.15) is 6.61 Å². The Kier molecular flexibility index (Phi) is 7.97. The van der Waals surface area contributed by atoms with Gasteiger partial charge in [0.25, 0.3) is 0 Å². The van der Waals surface area contributed by atoms with Crippen LogP contribution in [-0.2, 0) is 11.2 Å². The minimum absolute atomic E-state index is 0.0361. The van der Waals surface area contributed by atoms with E-state index < -0.39 is 0 Å². The van der Waals surface area contributed by atoms with Crippen molar-refractivity contribution in [3.63, 3.8) is 0 Å². The molecule has 0 saturated heterocycles. The number of ketones is 1. The Hall–Kier alpha value is -1.35. The second-order valence-corrected chi connectivity index (χ2v) is 5.53. The first-order valence-electron chi connectivity index (χ1n) is 7.52. The zero-order valence-electron chi connectivity index (χ0n) is 12.8. The number of hydrogen-bond donors (Lipinski definition) is 1. The van der Waals surface area contributed by atoms with Crippen LogP contribution in [0, 0.1) is 0 Å². The lowest BCUT2D eigenvalue weighted by Crippen LogP contribution is -2.08. The Morgan fingerprint density at radius 3 is 2.20 bits per heavy atom. The molecule has 1 rings (SSSR count). The molecule has 0 heterocycles. The molecule has 0 aliphatic heterocycles. The summed E-state index contributed by atoms with van der Waals surface area (Å²) in [5, 5.41) is 8.60. The van der Waals surface area contributed by atoms with Crippen molar-refractivity contribution in [1.29, 1.82) is 0 Å². The van der Waals surface area contributed by atoms with Crippen molar-refractivity contribution in [2.75, 3.05) is 25.6 Å². The van der Waals surface area contributed by atoms with Crippen LogP contribution in [0.25, 0.3) is 0 Å². The van der Waals surface area contributed by atoms with Crippen molar-refractivity contribution in [1.82, 2.24) is 0 Å². The summed E-state index contributed by atoms with van der Waals surface area (Å²) >= 11 is 0. The lowest BCUT2D eigenvalue weighted by molar-refractivity contribution is -0.121. The fourth-order valence-electron chi connectivity index (χ4n) is 2.22. The molecule has 0 atom stereocenters. The van der Waals surface area contributed by atoms with E-state index in [-0.39, 0.29) is 12.4 Å².